The van der Waals surface area contributed by atoms with E-state index in [1.165, 1.54) is 6.07 Å². The van der Waals surface area contributed by atoms with E-state index < -0.39 is 11.8 Å². The zero-order valence-electron chi connectivity index (χ0n) is 13.1. The van der Waals surface area contributed by atoms with E-state index in [-0.39, 0.29) is 12.3 Å². The third kappa shape index (κ3) is 4.44. The van der Waals surface area contributed by atoms with Crippen molar-refractivity contribution in [1.82, 2.24) is 16.0 Å². The molecule has 7 nitrogen and oxygen atoms in total. The zero-order chi connectivity index (χ0) is 17.5. The Balaban J connectivity index is 1.49. The molecule has 0 aliphatic heterocycles. The Kier molecular flexibility index (Phi) is 5.06. The number of amides is 2. The highest BCUT2D eigenvalue weighted by Gasteiger charge is 2.14. The van der Waals surface area contributed by atoms with Gasteiger partial charge in [-0.15, -0.1) is 0 Å². The summed E-state index contributed by atoms with van der Waals surface area (Å²) >= 11 is 0. The van der Waals surface area contributed by atoms with Crippen LogP contribution in [-0.2, 0) is 4.79 Å². The van der Waals surface area contributed by atoms with Gasteiger partial charge in [-0.1, -0.05) is 53.7 Å². The number of ether oxygens (including phenoxy) is 1. The van der Waals surface area contributed by atoms with Crippen molar-refractivity contribution in [3.8, 4) is 17.1 Å². The van der Waals surface area contributed by atoms with Crippen molar-refractivity contribution >= 4 is 11.8 Å². The molecule has 25 heavy (non-hydrogen) atoms. The van der Waals surface area contributed by atoms with E-state index in [4.69, 9.17) is 9.26 Å². The van der Waals surface area contributed by atoms with Gasteiger partial charge in [0.2, 0.25) is 0 Å². The third-order valence-electron chi connectivity index (χ3n) is 3.23. The first-order valence-corrected chi connectivity index (χ1v) is 7.51. The number of hydrogen-bond donors (Lipinski definition) is 2. The molecule has 3 rings (SSSR count). The highest BCUT2D eigenvalue weighted by atomic mass is 16.5. The third-order valence-corrected chi connectivity index (χ3v) is 3.23. The number of nitrogens with one attached hydrogen (secondary N) is 2. The maximum atomic E-state index is 12.0. The molecule has 0 spiro atoms. The number of nitrogens with zero attached hydrogens (tertiary/aromatic N) is 1. The Morgan fingerprint density at radius 3 is 2.36 bits per heavy atom. The van der Waals surface area contributed by atoms with Gasteiger partial charge in [0.1, 0.15) is 5.75 Å². The first-order chi connectivity index (χ1) is 12.2. The van der Waals surface area contributed by atoms with Gasteiger partial charge in [-0.05, 0) is 12.1 Å². The first-order valence-electron chi connectivity index (χ1n) is 7.51. The lowest BCUT2D eigenvalue weighted by Gasteiger charge is -2.07. The van der Waals surface area contributed by atoms with E-state index in [1.807, 2.05) is 36.4 Å². The summed E-state index contributed by atoms with van der Waals surface area (Å²) in [7, 11) is 0. The molecule has 0 saturated heterocycles. The molecular weight excluding hydrogens is 322 g/mol. The second kappa shape index (κ2) is 7.78. The lowest BCUT2D eigenvalue weighted by Crippen LogP contribution is -2.43. The second-order valence-corrected chi connectivity index (χ2v) is 5.05. The van der Waals surface area contributed by atoms with Crippen LogP contribution in [0.25, 0.3) is 11.3 Å². The summed E-state index contributed by atoms with van der Waals surface area (Å²) in [4.78, 5) is 23.7. The van der Waals surface area contributed by atoms with Crippen molar-refractivity contribution in [3.05, 3.63) is 72.4 Å². The summed E-state index contributed by atoms with van der Waals surface area (Å²) < 4.78 is 10.4. The molecule has 0 bridgehead atoms. The number of para-hydroxylation sites is 1. The maximum Gasteiger partial charge on any atom is 0.291 e. The summed E-state index contributed by atoms with van der Waals surface area (Å²) in [5, 5.41) is 3.69. The van der Waals surface area contributed by atoms with Crippen LogP contribution in [0.2, 0.25) is 0 Å². The van der Waals surface area contributed by atoms with E-state index in [0.29, 0.717) is 11.5 Å². The quantitative estimate of drug-likeness (QED) is 0.696. The topological polar surface area (TPSA) is 93.5 Å². The van der Waals surface area contributed by atoms with E-state index in [1.54, 1.807) is 24.3 Å². The fourth-order valence-electron chi connectivity index (χ4n) is 2.01. The molecule has 2 amide bonds. The SMILES string of the molecule is O=C(COc1ccccc1)NNC(=O)c1cc(-c2ccccc2)on1. The summed E-state index contributed by atoms with van der Waals surface area (Å²) in [6.07, 6.45) is 0. The molecule has 1 aromatic heterocycles. The molecule has 2 aromatic carbocycles. The summed E-state index contributed by atoms with van der Waals surface area (Å²) in [5.41, 5.74) is 5.37. The van der Waals surface area contributed by atoms with Gasteiger partial charge in [0.15, 0.2) is 18.1 Å². The molecular formula is C18H15N3O4. The number of benzene rings is 2. The standard InChI is InChI=1S/C18H15N3O4/c22-17(12-24-14-9-5-2-6-10-14)19-20-18(23)15-11-16(25-21-15)13-7-3-1-4-8-13/h1-11H,12H2,(H,19,22)(H,20,23). The van der Waals surface area contributed by atoms with Crippen molar-refractivity contribution in [2.24, 2.45) is 0 Å². The normalized spacial score (nSPS) is 10.1. The number of aromatic nitrogens is 1. The van der Waals surface area contributed by atoms with Crippen LogP contribution in [-0.4, -0.2) is 23.6 Å². The zero-order valence-corrected chi connectivity index (χ0v) is 13.1. The van der Waals surface area contributed by atoms with Gasteiger partial charge in [0, 0.05) is 11.6 Å². The minimum atomic E-state index is -0.584. The molecule has 0 unspecified atom stereocenters. The molecule has 7 heteroatoms. The minimum absolute atomic E-state index is 0.0585. The Bertz CT molecular complexity index is 847. The van der Waals surface area contributed by atoms with Crippen molar-refractivity contribution in [3.63, 3.8) is 0 Å². The van der Waals surface area contributed by atoms with E-state index in [2.05, 4.69) is 16.0 Å². The molecule has 126 valence electrons. The molecule has 0 radical (unpaired) electrons. The highest BCUT2D eigenvalue weighted by Crippen LogP contribution is 2.19. The number of hydrazine groups is 1. The monoisotopic (exact) mass is 337 g/mol. The summed E-state index contributed by atoms with van der Waals surface area (Å²) in [6.45, 7) is -0.224. The maximum absolute atomic E-state index is 12.0. The smallest absolute Gasteiger partial charge is 0.291 e. The van der Waals surface area contributed by atoms with Gasteiger partial charge >= 0.3 is 0 Å². The largest absolute Gasteiger partial charge is 0.484 e. The fourth-order valence-corrected chi connectivity index (χ4v) is 2.01. The Morgan fingerprint density at radius 1 is 0.960 bits per heavy atom. The van der Waals surface area contributed by atoms with Gasteiger partial charge in [-0.25, -0.2) is 0 Å². The number of rotatable bonds is 5. The molecule has 1 heterocycles. The summed E-state index contributed by atoms with van der Waals surface area (Å²) in [5.74, 6) is -0.0551. The number of carbonyl (C=O) groups excluding carboxylic acids is 2. The Labute approximate surface area is 143 Å². The number of carbonyl (C=O) groups is 2. The lowest BCUT2D eigenvalue weighted by molar-refractivity contribution is -0.123. The lowest BCUT2D eigenvalue weighted by atomic mass is 10.1. The predicted octanol–water partition coefficient (Wildman–Crippen LogP) is 2.18. The Morgan fingerprint density at radius 2 is 1.64 bits per heavy atom. The Hall–Kier alpha value is -3.61. The van der Waals surface area contributed by atoms with Crippen molar-refractivity contribution < 1.29 is 18.8 Å². The first kappa shape index (κ1) is 16.3. The van der Waals surface area contributed by atoms with Crippen LogP contribution in [0, 0.1) is 0 Å². The fraction of sp³-hybridized carbons (Fsp3) is 0.0556. The molecule has 0 aliphatic carbocycles. The minimum Gasteiger partial charge on any atom is -0.484 e. The van der Waals surface area contributed by atoms with Crippen LogP contribution in [0.1, 0.15) is 10.5 Å². The van der Waals surface area contributed by atoms with Crippen molar-refractivity contribution in [2.45, 2.75) is 0 Å². The van der Waals surface area contributed by atoms with Gasteiger partial charge in [-0.3, -0.25) is 20.4 Å². The van der Waals surface area contributed by atoms with Gasteiger partial charge in [0.05, 0.1) is 0 Å². The second-order valence-electron chi connectivity index (χ2n) is 5.05. The van der Waals surface area contributed by atoms with Crippen LogP contribution < -0.4 is 15.6 Å². The highest BCUT2D eigenvalue weighted by molar-refractivity contribution is 5.94. The van der Waals surface area contributed by atoms with Gasteiger partial charge in [0.25, 0.3) is 11.8 Å². The van der Waals surface area contributed by atoms with E-state index in [9.17, 15) is 9.59 Å². The molecule has 0 saturated carbocycles. The number of hydrogen-bond acceptors (Lipinski definition) is 5. The molecule has 0 aliphatic rings. The van der Waals surface area contributed by atoms with Crippen molar-refractivity contribution in [2.75, 3.05) is 6.61 Å². The van der Waals surface area contributed by atoms with E-state index in [0.717, 1.165) is 5.56 Å². The summed E-state index contributed by atoms with van der Waals surface area (Å²) in [6, 6.07) is 19.6. The molecule has 0 fully saturated rings. The van der Waals surface area contributed by atoms with Crippen LogP contribution >= 0.6 is 0 Å². The molecule has 0 atom stereocenters. The van der Waals surface area contributed by atoms with Crippen LogP contribution in [0.15, 0.2) is 71.3 Å². The van der Waals surface area contributed by atoms with Gasteiger partial charge < -0.3 is 9.26 Å². The molecule has 2 N–H and O–H groups in total. The predicted molar refractivity (Wildman–Crippen MR) is 89.5 cm³/mol. The van der Waals surface area contributed by atoms with Gasteiger partial charge in [-0.2, -0.15) is 0 Å². The average molecular weight is 337 g/mol. The van der Waals surface area contributed by atoms with E-state index >= 15 is 0 Å². The average Bonchev–Trinajstić information content (AvgIpc) is 3.16. The van der Waals surface area contributed by atoms with Crippen LogP contribution in [0.4, 0.5) is 0 Å². The van der Waals surface area contributed by atoms with Crippen molar-refractivity contribution in [1.29, 1.82) is 0 Å². The van der Waals surface area contributed by atoms with Crippen LogP contribution in [0.5, 0.6) is 5.75 Å². The molecule has 3 aromatic rings. The van der Waals surface area contributed by atoms with Crippen LogP contribution in [0.3, 0.4) is 0 Å².